The molecule has 0 saturated heterocycles. The molecule has 12 heteroatoms. The largest absolute Gasteiger partial charge is 0.468 e. The molecule has 0 saturated carbocycles. The van der Waals surface area contributed by atoms with Crippen LogP contribution in [0.25, 0.3) is 0 Å². The summed E-state index contributed by atoms with van der Waals surface area (Å²) in [5.41, 5.74) is 0.392. The Morgan fingerprint density at radius 3 is 2.53 bits per heavy atom. The Kier molecular flexibility index (Phi) is 7.73. The van der Waals surface area contributed by atoms with E-state index in [1.165, 1.54) is 42.6 Å². The highest BCUT2D eigenvalue weighted by molar-refractivity contribution is 7.89. The zero-order chi connectivity index (χ0) is 22.2. The second kappa shape index (κ2) is 10.0. The summed E-state index contributed by atoms with van der Waals surface area (Å²) in [7, 11) is -3.80. The van der Waals surface area contributed by atoms with E-state index in [1.54, 1.807) is 0 Å². The molecule has 0 bridgehead atoms. The average Bonchev–Trinajstić information content (AvgIpc) is 2.70. The maximum absolute atomic E-state index is 12.3. The molecule has 0 spiro atoms. The molecule has 8 nitrogen and oxygen atoms in total. The third kappa shape index (κ3) is 7.02. The van der Waals surface area contributed by atoms with Crippen molar-refractivity contribution in [1.82, 2.24) is 15.0 Å². The van der Waals surface area contributed by atoms with Gasteiger partial charge in [-0.05, 0) is 30.3 Å². The van der Waals surface area contributed by atoms with Crippen LogP contribution in [0.2, 0.25) is 0 Å². The molecule has 160 valence electrons. The number of hydrogen-bond acceptors (Lipinski definition) is 6. The molecule has 0 aliphatic carbocycles. The Labute approximate surface area is 170 Å². The molecule has 0 unspecified atom stereocenters. The van der Waals surface area contributed by atoms with Crippen molar-refractivity contribution in [3.63, 3.8) is 0 Å². The number of rotatable bonds is 9. The van der Waals surface area contributed by atoms with Gasteiger partial charge < -0.3 is 10.1 Å². The Morgan fingerprint density at radius 2 is 1.90 bits per heavy atom. The summed E-state index contributed by atoms with van der Waals surface area (Å²) in [6.45, 7) is -1.69. The lowest BCUT2D eigenvalue weighted by molar-refractivity contribution is -0.154. The quantitative estimate of drug-likeness (QED) is 0.574. The van der Waals surface area contributed by atoms with E-state index in [9.17, 15) is 26.4 Å². The average molecular weight is 442 g/mol. The molecule has 0 atom stereocenters. The number of ether oxygens (including phenoxy) is 1. The van der Waals surface area contributed by atoms with Crippen LogP contribution in [0.1, 0.15) is 22.3 Å². The van der Waals surface area contributed by atoms with Gasteiger partial charge in [0.1, 0.15) is 0 Å². The summed E-state index contributed by atoms with van der Waals surface area (Å²) in [5, 5.41) is 11.0. The van der Waals surface area contributed by atoms with E-state index >= 15 is 0 Å². The van der Waals surface area contributed by atoms with Crippen LogP contribution in [-0.4, -0.2) is 38.6 Å². The van der Waals surface area contributed by atoms with Crippen LogP contribution in [0.5, 0.6) is 5.88 Å². The Morgan fingerprint density at radius 1 is 1.20 bits per heavy atom. The molecule has 2 N–H and O–H groups in total. The monoisotopic (exact) mass is 442 g/mol. The van der Waals surface area contributed by atoms with Gasteiger partial charge in [-0.3, -0.25) is 4.79 Å². The molecule has 1 aromatic heterocycles. The van der Waals surface area contributed by atoms with Crippen LogP contribution in [0.15, 0.2) is 47.5 Å². The highest BCUT2D eigenvalue weighted by Crippen LogP contribution is 2.20. The zero-order valence-corrected chi connectivity index (χ0v) is 16.3. The van der Waals surface area contributed by atoms with Crippen LogP contribution in [-0.2, 0) is 16.6 Å². The molecular formula is C18H17F3N4O4S. The van der Waals surface area contributed by atoms with Crippen LogP contribution in [0.3, 0.4) is 0 Å². The topological polar surface area (TPSA) is 121 Å². The lowest BCUT2D eigenvalue weighted by Gasteiger charge is -2.12. The molecule has 30 heavy (non-hydrogen) atoms. The lowest BCUT2D eigenvalue weighted by Crippen LogP contribution is -2.26. The maximum atomic E-state index is 12.3. The molecule has 1 amide bonds. The number of nitrogens with zero attached hydrogens (tertiary/aromatic N) is 2. The summed E-state index contributed by atoms with van der Waals surface area (Å²) >= 11 is 0. The molecule has 0 fully saturated rings. The predicted molar refractivity (Wildman–Crippen MR) is 98.8 cm³/mol. The summed E-state index contributed by atoms with van der Waals surface area (Å²) in [6.07, 6.45) is -3.24. The van der Waals surface area contributed by atoms with Gasteiger partial charge in [-0.1, -0.05) is 6.07 Å². The van der Waals surface area contributed by atoms with Crippen LogP contribution in [0.4, 0.5) is 13.2 Å². The van der Waals surface area contributed by atoms with Gasteiger partial charge in [0.15, 0.2) is 6.61 Å². The first-order valence-corrected chi connectivity index (χ1v) is 9.99. The summed E-state index contributed by atoms with van der Waals surface area (Å²) in [6, 6.07) is 9.80. The fourth-order valence-electron chi connectivity index (χ4n) is 2.23. The van der Waals surface area contributed by atoms with Gasteiger partial charge >= 0.3 is 6.18 Å². The summed E-state index contributed by atoms with van der Waals surface area (Å²) in [5.74, 6) is -0.818. The minimum absolute atomic E-state index is 0.0166. The van der Waals surface area contributed by atoms with Gasteiger partial charge in [-0.15, -0.1) is 0 Å². The summed E-state index contributed by atoms with van der Waals surface area (Å²) < 4.78 is 68.0. The first kappa shape index (κ1) is 23.1. The Bertz CT molecular complexity index is 1020. The van der Waals surface area contributed by atoms with Gasteiger partial charge in [0, 0.05) is 36.8 Å². The number of carbonyl (C=O) groups excluding carboxylic acids is 1. The first-order valence-electron chi connectivity index (χ1n) is 8.51. The molecule has 0 radical (unpaired) electrons. The highest BCUT2D eigenvalue weighted by atomic mass is 32.2. The Hall–Kier alpha value is -3.17. The lowest BCUT2D eigenvalue weighted by atomic mass is 10.2. The van der Waals surface area contributed by atoms with Crippen molar-refractivity contribution in [3.05, 3.63) is 53.7 Å². The van der Waals surface area contributed by atoms with Crippen molar-refractivity contribution in [1.29, 1.82) is 5.26 Å². The molecule has 2 rings (SSSR count). The van der Waals surface area contributed by atoms with E-state index in [0.717, 1.165) is 0 Å². The van der Waals surface area contributed by atoms with Crippen molar-refractivity contribution in [2.75, 3.05) is 13.2 Å². The maximum Gasteiger partial charge on any atom is 0.422 e. The number of nitrogens with one attached hydrogen (secondary N) is 2. The SMILES string of the molecule is N#CCCNS(=O)(=O)c1ccc(C(=O)NCc2cccnc2OCC(F)(F)F)cc1. The van der Waals surface area contributed by atoms with Crippen molar-refractivity contribution in [2.45, 2.75) is 24.0 Å². The number of nitriles is 1. The fraction of sp³-hybridized carbons (Fsp3) is 0.278. The smallest absolute Gasteiger partial charge is 0.422 e. The minimum atomic E-state index is -4.52. The molecule has 0 aliphatic rings. The zero-order valence-electron chi connectivity index (χ0n) is 15.4. The normalized spacial score (nSPS) is 11.5. The number of aromatic nitrogens is 1. The molecular weight excluding hydrogens is 425 g/mol. The van der Waals surface area contributed by atoms with E-state index in [0.29, 0.717) is 0 Å². The second-order valence-electron chi connectivity index (χ2n) is 5.88. The van der Waals surface area contributed by atoms with E-state index < -0.39 is 28.7 Å². The number of benzene rings is 1. The van der Waals surface area contributed by atoms with E-state index in [-0.39, 0.29) is 41.4 Å². The second-order valence-corrected chi connectivity index (χ2v) is 7.65. The number of alkyl halides is 3. The summed E-state index contributed by atoms with van der Waals surface area (Å²) in [4.78, 5) is 15.9. The van der Waals surface area contributed by atoms with Crippen molar-refractivity contribution < 1.29 is 31.1 Å². The standard InChI is InChI=1S/C18H17F3N4O4S/c19-18(20,21)12-29-17-14(3-1-9-23-17)11-24-16(26)13-4-6-15(7-5-13)30(27,28)25-10-2-8-22/h1,3-7,9,25H,2,10-12H2,(H,24,26). The first-order chi connectivity index (χ1) is 14.1. The van der Waals surface area contributed by atoms with Crippen LogP contribution in [0, 0.1) is 11.3 Å². The molecule has 2 aromatic rings. The van der Waals surface area contributed by atoms with E-state index in [4.69, 9.17) is 5.26 Å². The van der Waals surface area contributed by atoms with Crippen molar-refractivity contribution in [3.8, 4) is 11.9 Å². The Balaban J connectivity index is 2.00. The van der Waals surface area contributed by atoms with Crippen molar-refractivity contribution in [2.24, 2.45) is 0 Å². The molecule has 0 aliphatic heterocycles. The number of amides is 1. The minimum Gasteiger partial charge on any atom is -0.468 e. The van der Waals surface area contributed by atoms with Crippen molar-refractivity contribution >= 4 is 15.9 Å². The number of hydrogen-bond donors (Lipinski definition) is 2. The number of sulfonamides is 1. The number of carbonyl (C=O) groups is 1. The predicted octanol–water partition coefficient (Wildman–Crippen LogP) is 2.14. The van der Waals surface area contributed by atoms with Gasteiger partial charge in [0.05, 0.1) is 11.0 Å². The van der Waals surface area contributed by atoms with Crippen LogP contribution < -0.4 is 14.8 Å². The van der Waals surface area contributed by atoms with Gasteiger partial charge in [-0.2, -0.15) is 18.4 Å². The third-order valence-electron chi connectivity index (χ3n) is 3.62. The van der Waals surface area contributed by atoms with Gasteiger partial charge in [0.25, 0.3) is 5.91 Å². The van der Waals surface area contributed by atoms with E-state index in [1.807, 2.05) is 6.07 Å². The number of halogens is 3. The fourth-order valence-corrected chi connectivity index (χ4v) is 3.26. The highest BCUT2D eigenvalue weighted by Gasteiger charge is 2.29. The molecule has 1 heterocycles. The van der Waals surface area contributed by atoms with Gasteiger partial charge in [-0.25, -0.2) is 18.1 Å². The van der Waals surface area contributed by atoms with Crippen LogP contribution >= 0.6 is 0 Å². The molecule has 1 aromatic carbocycles. The number of pyridine rings is 1. The van der Waals surface area contributed by atoms with E-state index in [2.05, 4.69) is 19.8 Å². The third-order valence-corrected chi connectivity index (χ3v) is 5.09. The van der Waals surface area contributed by atoms with Gasteiger partial charge in [0.2, 0.25) is 15.9 Å².